The highest BCUT2D eigenvalue weighted by molar-refractivity contribution is 7.15. The molecule has 0 saturated carbocycles. The van der Waals surface area contributed by atoms with Crippen molar-refractivity contribution in [3.63, 3.8) is 0 Å². The quantitative estimate of drug-likeness (QED) is 0.932. The number of aryl methyl sites for hydroxylation is 1. The Bertz CT molecular complexity index is 550. The van der Waals surface area contributed by atoms with E-state index in [-0.39, 0.29) is 0 Å². The van der Waals surface area contributed by atoms with Crippen molar-refractivity contribution >= 4 is 16.5 Å². The Morgan fingerprint density at radius 2 is 2.16 bits per heavy atom. The second kappa shape index (κ2) is 5.72. The average molecular weight is 273 g/mol. The monoisotopic (exact) mass is 273 g/mol. The van der Waals surface area contributed by atoms with E-state index in [2.05, 4.69) is 39.5 Å². The maximum atomic E-state index is 4.58. The molecule has 0 fully saturated rings. The first kappa shape index (κ1) is 12.6. The van der Waals surface area contributed by atoms with E-state index in [1.807, 2.05) is 13.2 Å². The van der Waals surface area contributed by atoms with Crippen LogP contribution in [-0.2, 0) is 19.5 Å². The molecule has 0 amide bonds. The molecule has 0 aliphatic carbocycles. The number of hydrogen-bond acceptors (Lipinski definition) is 4. The molecule has 4 heteroatoms. The van der Waals surface area contributed by atoms with Crippen molar-refractivity contribution in [2.24, 2.45) is 0 Å². The van der Waals surface area contributed by atoms with Crippen LogP contribution in [0.2, 0.25) is 0 Å². The number of nitrogens with zero attached hydrogens (tertiary/aromatic N) is 2. The number of thiazole rings is 1. The minimum atomic E-state index is 0.905. The number of rotatable bonds is 3. The van der Waals surface area contributed by atoms with Crippen LogP contribution in [0, 0.1) is 0 Å². The van der Waals surface area contributed by atoms with Gasteiger partial charge in [-0.05, 0) is 31.0 Å². The SMILES string of the molecule is CNCc1cnc(N2CCCc3ccccc3C2)s1. The van der Waals surface area contributed by atoms with Gasteiger partial charge in [-0.15, -0.1) is 11.3 Å². The van der Waals surface area contributed by atoms with Gasteiger partial charge < -0.3 is 10.2 Å². The Balaban J connectivity index is 1.81. The lowest BCUT2D eigenvalue weighted by Gasteiger charge is -2.19. The van der Waals surface area contributed by atoms with Crippen LogP contribution < -0.4 is 10.2 Å². The fourth-order valence-electron chi connectivity index (χ4n) is 2.56. The molecule has 0 bridgehead atoms. The lowest BCUT2D eigenvalue weighted by molar-refractivity contribution is 0.763. The summed E-state index contributed by atoms with van der Waals surface area (Å²) in [4.78, 5) is 8.29. The number of fused-ring (bicyclic) bond motifs is 1. The molecular weight excluding hydrogens is 254 g/mol. The lowest BCUT2D eigenvalue weighted by Crippen LogP contribution is -2.22. The summed E-state index contributed by atoms with van der Waals surface area (Å²) < 4.78 is 0. The Hall–Kier alpha value is -1.39. The van der Waals surface area contributed by atoms with E-state index < -0.39 is 0 Å². The van der Waals surface area contributed by atoms with Crippen LogP contribution in [0.5, 0.6) is 0 Å². The number of nitrogens with one attached hydrogen (secondary N) is 1. The highest BCUT2D eigenvalue weighted by Crippen LogP contribution is 2.27. The van der Waals surface area contributed by atoms with Crippen LogP contribution in [0.3, 0.4) is 0 Å². The van der Waals surface area contributed by atoms with E-state index in [0.29, 0.717) is 0 Å². The summed E-state index contributed by atoms with van der Waals surface area (Å²) in [6, 6.07) is 8.78. The first-order valence-electron chi connectivity index (χ1n) is 6.78. The van der Waals surface area contributed by atoms with Crippen LogP contribution in [0.1, 0.15) is 22.4 Å². The van der Waals surface area contributed by atoms with Crippen molar-refractivity contribution in [2.75, 3.05) is 18.5 Å². The largest absolute Gasteiger partial charge is 0.344 e. The van der Waals surface area contributed by atoms with E-state index >= 15 is 0 Å². The van der Waals surface area contributed by atoms with Crippen molar-refractivity contribution in [2.45, 2.75) is 25.9 Å². The number of aromatic nitrogens is 1. The third-order valence-electron chi connectivity index (χ3n) is 3.52. The highest BCUT2D eigenvalue weighted by atomic mass is 32.1. The summed E-state index contributed by atoms with van der Waals surface area (Å²) in [5, 5.41) is 4.33. The molecule has 19 heavy (non-hydrogen) atoms. The Morgan fingerprint density at radius 3 is 3.00 bits per heavy atom. The first-order chi connectivity index (χ1) is 9.36. The minimum Gasteiger partial charge on any atom is -0.344 e. The average Bonchev–Trinajstić information content (AvgIpc) is 2.78. The molecule has 0 radical (unpaired) electrons. The van der Waals surface area contributed by atoms with Gasteiger partial charge in [-0.2, -0.15) is 0 Å². The predicted molar refractivity (Wildman–Crippen MR) is 80.7 cm³/mol. The van der Waals surface area contributed by atoms with E-state index in [9.17, 15) is 0 Å². The Morgan fingerprint density at radius 1 is 1.32 bits per heavy atom. The van der Waals surface area contributed by atoms with Gasteiger partial charge in [0, 0.05) is 30.7 Å². The normalized spacial score (nSPS) is 15.1. The zero-order chi connectivity index (χ0) is 13.1. The standard InChI is InChI=1S/C15H19N3S/c1-16-9-14-10-17-15(19-14)18-8-4-7-12-5-2-3-6-13(12)11-18/h2-3,5-6,10,16H,4,7-9,11H2,1H3. The molecule has 1 aromatic carbocycles. The summed E-state index contributed by atoms with van der Waals surface area (Å²) in [7, 11) is 1.97. The summed E-state index contributed by atoms with van der Waals surface area (Å²) in [5.41, 5.74) is 2.95. The zero-order valence-corrected chi connectivity index (χ0v) is 12.0. The molecule has 1 aliphatic heterocycles. The number of benzene rings is 1. The lowest BCUT2D eigenvalue weighted by atomic mass is 10.0. The summed E-state index contributed by atoms with van der Waals surface area (Å²) in [6.45, 7) is 2.99. The Kier molecular flexibility index (Phi) is 3.80. The molecular formula is C15H19N3S. The molecule has 0 saturated heterocycles. The van der Waals surface area contributed by atoms with E-state index in [4.69, 9.17) is 0 Å². The second-order valence-corrected chi connectivity index (χ2v) is 6.03. The molecule has 0 unspecified atom stereocenters. The van der Waals surface area contributed by atoms with Gasteiger partial charge in [0.2, 0.25) is 0 Å². The van der Waals surface area contributed by atoms with Gasteiger partial charge in [0.1, 0.15) is 0 Å². The summed E-state index contributed by atoms with van der Waals surface area (Å²) in [5.74, 6) is 0. The van der Waals surface area contributed by atoms with Crippen LogP contribution in [0.15, 0.2) is 30.5 Å². The molecule has 1 N–H and O–H groups in total. The maximum Gasteiger partial charge on any atom is 0.185 e. The Labute approximate surface area is 118 Å². The van der Waals surface area contributed by atoms with Gasteiger partial charge >= 0.3 is 0 Å². The number of hydrogen-bond donors (Lipinski definition) is 1. The predicted octanol–water partition coefficient (Wildman–Crippen LogP) is 2.82. The second-order valence-electron chi connectivity index (χ2n) is 4.93. The molecule has 1 aromatic heterocycles. The molecule has 0 atom stereocenters. The van der Waals surface area contributed by atoms with Crippen LogP contribution in [0.4, 0.5) is 5.13 Å². The molecule has 100 valence electrons. The number of anilines is 1. The highest BCUT2D eigenvalue weighted by Gasteiger charge is 2.16. The zero-order valence-electron chi connectivity index (χ0n) is 11.2. The maximum absolute atomic E-state index is 4.58. The van der Waals surface area contributed by atoms with Gasteiger partial charge in [0.25, 0.3) is 0 Å². The molecule has 1 aliphatic rings. The molecule has 2 heterocycles. The van der Waals surface area contributed by atoms with Gasteiger partial charge in [0.15, 0.2) is 5.13 Å². The minimum absolute atomic E-state index is 0.905. The van der Waals surface area contributed by atoms with Crippen molar-refractivity contribution in [3.8, 4) is 0 Å². The first-order valence-corrected chi connectivity index (χ1v) is 7.59. The fourth-order valence-corrected chi connectivity index (χ4v) is 3.51. The van der Waals surface area contributed by atoms with Crippen molar-refractivity contribution in [3.05, 3.63) is 46.5 Å². The summed E-state index contributed by atoms with van der Waals surface area (Å²) >= 11 is 1.80. The molecule has 3 nitrogen and oxygen atoms in total. The molecule has 2 aromatic rings. The summed E-state index contributed by atoms with van der Waals surface area (Å²) in [6.07, 6.45) is 4.38. The van der Waals surface area contributed by atoms with Crippen LogP contribution >= 0.6 is 11.3 Å². The van der Waals surface area contributed by atoms with Gasteiger partial charge in [-0.25, -0.2) is 4.98 Å². The van der Waals surface area contributed by atoms with Crippen LogP contribution in [0.25, 0.3) is 0 Å². The van der Waals surface area contributed by atoms with Crippen molar-refractivity contribution < 1.29 is 0 Å². The van der Waals surface area contributed by atoms with Gasteiger partial charge in [0.05, 0.1) is 0 Å². The van der Waals surface area contributed by atoms with E-state index in [1.165, 1.54) is 28.8 Å². The van der Waals surface area contributed by atoms with E-state index in [0.717, 1.165) is 24.8 Å². The third kappa shape index (κ3) is 2.80. The van der Waals surface area contributed by atoms with E-state index in [1.54, 1.807) is 11.3 Å². The topological polar surface area (TPSA) is 28.2 Å². The van der Waals surface area contributed by atoms with Crippen molar-refractivity contribution in [1.29, 1.82) is 0 Å². The smallest absolute Gasteiger partial charge is 0.185 e. The van der Waals surface area contributed by atoms with Crippen molar-refractivity contribution in [1.82, 2.24) is 10.3 Å². The van der Waals surface area contributed by atoms with Gasteiger partial charge in [-0.1, -0.05) is 24.3 Å². The molecule has 0 spiro atoms. The molecule has 3 rings (SSSR count). The van der Waals surface area contributed by atoms with Gasteiger partial charge in [-0.3, -0.25) is 0 Å². The third-order valence-corrected chi connectivity index (χ3v) is 4.57. The fraction of sp³-hybridized carbons (Fsp3) is 0.400. The van der Waals surface area contributed by atoms with Crippen LogP contribution in [-0.4, -0.2) is 18.6 Å².